The second-order valence-corrected chi connectivity index (χ2v) is 11.6. The van der Waals surface area contributed by atoms with Crippen LogP contribution in [0.4, 0.5) is 8.78 Å². The summed E-state index contributed by atoms with van der Waals surface area (Å²) in [5.41, 5.74) is -0.104. The van der Waals surface area contributed by atoms with Crippen LogP contribution in [0.1, 0.15) is 35.6 Å². The van der Waals surface area contributed by atoms with E-state index in [2.05, 4.69) is 4.98 Å². The van der Waals surface area contributed by atoms with Crippen molar-refractivity contribution in [3.8, 4) is 0 Å². The molecule has 0 amide bonds. The van der Waals surface area contributed by atoms with Gasteiger partial charge in [0.2, 0.25) is 5.89 Å². The summed E-state index contributed by atoms with van der Waals surface area (Å²) >= 11 is 1.66. The predicted molar refractivity (Wildman–Crippen MR) is 139 cm³/mol. The van der Waals surface area contributed by atoms with E-state index in [-0.39, 0.29) is 5.89 Å². The van der Waals surface area contributed by atoms with E-state index in [9.17, 15) is 13.9 Å². The molecule has 4 nitrogen and oxygen atoms in total. The van der Waals surface area contributed by atoms with Crippen LogP contribution < -0.4 is 0 Å². The van der Waals surface area contributed by atoms with Crippen LogP contribution in [0.15, 0.2) is 94.4 Å². The first-order chi connectivity index (χ1) is 18.0. The van der Waals surface area contributed by atoms with E-state index in [0.29, 0.717) is 28.8 Å². The molecule has 7 heteroatoms. The Morgan fingerprint density at radius 1 is 0.919 bits per heavy atom. The molecule has 3 aliphatic rings. The third-order valence-electron chi connectivity index (χ3n) is 7.96. The molecular formula is C30H29F2N2O2S+. The van der Waals surface area contributed by atoms with Crippen LogP contribution in [0.25, 0.3) is 0 Å². The number of halogens is 2. The van der Waals surface area contributed by atoms with Crippen LogP contribution in [-0.2, 0) is 12.1 Å². The number of fused-ring (bicyclic) bond motifs is 3. The maximum atomic E-state index is 13.8. The molecule has 1 unspecified atom stereocenters. The van der Waals surface area contributed by atoms with Crippen molar-refractivity contribution in [2.24, 2.45) is 5.92 Å². The molecule has 3 aliphatic heterocycles. The van der Waals surface area contributed by atoms with Crippen LogP contribution in [0.5, 0.6) is 0 Å². The van der Waals surface area contributed by atoms with Crippen molar-refractivity contribution >= 4 is 11.8 Å². The number of thioether (sulfide) groups is 1. The van der Waals surface area contributed by atoms with Crippen molar-refractivity contribution < 1.29 is 22.8 Å². The average Bonchev–Trinajstić information content (AvgIpc) is 3.40. The van der Waals surface area contributed by atoms with Crippen molar-refractivity contribution in [1.82, 2.24) is 4.98 Å². The van der Waals surface area contributed by atoms with Crippen LogP contribution in [0.3, 0.4) is 0 Å². The van der Waals surface area contributed by atoms with E-state index in [0.717, 1.165) is 47.6 Å². The topological polar surface area (TPSA) is 46.3 Å². The largest absolute Gasteiger partial charge is 0.436 e. The zero-order valence-electron chi connectivity index (χ0n) is 20.4. The molecule has 4 aromatic rings. The summed E-state index contributed by atoms with van der Waals surface area (Å²) in [4.78, 5) is 5.35. The molecule has 1 N–H and O–H groups in total. The molecule has 1 atom stereocenters. The SMILES string of the molecule is OC(c1ccccc1)(c1ccccc1)c1ncc(C[N+]23CCC(CC2)C(Sc2ccc(F)c(F)c2)C3)o1. The molecule has 37 heavy (non-hydrogen) atoms. The lowest BCUT2D eigenvalue weighted by Gasteiger charge is -2.52. The third kappa shape index (κ3) is 4.60. The van der Waals surface area contributed by atoms with Crippen LogP contribution in [-0.4, -0.2) is 39.5 Å². The van der Waals surface area contributed by atoms with Crippen molar-refractivity contribution in [2.45, 2.75) is 35.1 Å². The van der Waals surface area contributed by atoms with Crippen molar-refractivity contribution in [3.63, 3.8) is 0 Å². The van der Waals surface area contributed by atoms with Gasteiger partial charge in [0.25, 0.3) is 0 Å². The highest BCUT2D eigenvalue weighted by molar-refractivity contribution is 8.00. The number of quaternary nitrogens is 1. The van der Waals surface area contributed by atoms with Gasteiger partial charge < -0.3 is 14.0 Å². The summed E-state index contributed by atoms with van der Waals surface area (Å²) in [7, 11) is 0. The normalized spacial score (nSPS) is 23.3. The number of nitrogens with zero attached hydrogens (tertiary/aromatic N) is 2. The van der Waals surface area contributed by atoms with Gasteiger partial charge in [-0.2, -0.15) is 0 Å². The van der Waals surface area contributed by atoms with E-state index in [1.165, 1.54) is 12.1 Å². The number of hydrogen-bond acceptors (Lipinski definition) is 4. The first kappa shape index (κ1) is 24.3. The molecule has 3 fully saturated rings. The fraction of sp³-hybridized carbons (Fsp3) is 0.300. The van der Waals surface area contributed by atoms with Gasteiger partial charge in [-0.3, -0.25) is 0 Å². The Kier molecular flexibility index (Phi) is 6.39. The highest BCUT2D eigenvalue weighted by atomic mass is 32.2. The van der Waals surface area contributed by atoms with E-state index >= 15 is 0 Å². The Balaban J connectivity index is 1.25. The molecule has 190 valence electrons. The van der Waals surface area contributed by atoms with Crippen molar-refractivity contribution in [2.75, 3.05) is 19.6 Å². The molecule has 0 saturated carbocycles. The second-order valence-electron chi connectivity index (χ2n) is 10.3. The van der Waals surface area contributed by atoms with Gasteiger partial charge in [-0.05, 0) is 35.2 Å². The highest BCUT2D eigenvalue weighted by Crippen LogP contribution is 2.44. The molecule has 0 radical (unpaired) electrons. The first-order valence-corrected chi connectivity index (χ1v) is 13.6. The van der Waals surface area contributed by atoms with Crippen molar-refractivity contribution in [3.05, 3.63) is 119 Å². The lowest BCUT2D eigenvalue weighted by atomic mass is 9.85. The minimum atomic E-state index is -1.50. The van der Waals surface area contributed by atoms with Gasteiger partial charge in [0, 0.05) is 17.7 Å². The minimum absolute atomic E-state index is 0.262. The van der Waals surface area contributed by atoms with Gasteiger partial charge in [-0.1, -0.05) is 60.7 Å². The summed E-state index contributed by atoms with van der Waals surface area (Å²) in [5.74, 6) is -0.0258. The Morgan fingerprint density at radius 2 is 1.57 bits per heavy atom. The average molecular weight is 520 g/mol. The number of piperidine rings is 3. The lowest BCUT2D eigenvalue weighted by Crippen LogP contribution is -2.62. The van der Waals surface area contributed by atoms with Gasteiger partial charge in [0.15, 0.2) is 23.0 Å². The number of aromatic nitrogens is 1. The molecule has 3 saturated heterocycles. The quantitative estimate of drug-likeness (QED) is 0.298. The van der Waals surface area contributed by atoms with Crippen LogP contribution in [0, 0.1) is 17.6 Å². The smallest absolute Gasteiger partial charge is 0.236 e. The molecule has 7 rings (SSSR count). The van der Waals surface area contributed by atoms with E-state index in [1.807, 2.05) is 60.7 Å². The molecular weight excluding hydrogens is 490 g/mol. The summed E-state index contributed by atoms with van der Waals surface area (Å²) in [6, 6.07) is 23.1. The molecule has 0 aliphatic carbocycles. The number of aliphatic hydroxyl groups is 1. The summed E-state index contributed by atoms with van der Waals surface area (Å²) < 4.78 is 34.4. The summed E-state index contributed by atoms with van der Waals surface area (Å²) in [6.45, 7) is 3.73. The summed E-state index contributed by atoms with van der Waals surface area (Å²) in [6.07, 6.45) is 3.94. The fourth-order valence-electron chi connectivity index (χ4n) is 5.95. The van der Waals surface area contributed by atoms with E-state index in [1.54, 1.807) is 24.0 Å². The highest BCUT2D eigenvalue weighted by Gasteiger charge is 2.47. The van der Waals surface area contributed by atoms with E-state index < -0.39 is 17.2 Å². The Morgan fingerprint density at radius 3 is 2.19 bits per heavy atom. The lowest BCUT2D eigenvalue weighted by molar-refractivity contribution is -0.954. The third-order valence-corrected chi connectivity index (χ3v) is 9.32. The maximum absolute atomic E-state index is 13.8. The van der Waals surface area contributed by atoms with Gasteiger partial charge in [0.1, 0.15) is 6.54 Å². The zero-order valence-corrected chi connectivity index (χ0v) is 21.2. The van der Waals surface area contributed by atoms with Gasteiger partial charge in [-0.25, -0.2) is 13.8 Å². The number of oxazole rings is 1. The Labute approximate surface area is 219 Å². The number of hydrogen-bond donors (Lipinski definition) is 1. The summed E-state index contributed by atoms with van der Waals surface area (Å²) in [5, 5.41) is 12.3. The molecule has 2 bridgehead atoms. The number of rotatable bonds is 7. The van der Waals surface area contributed by atoms with Crippen molar-refractivity contribution in [1.29, 1.82) is 0 Å². The van der Waals surface area contributed by atoms with Gasteiger partial charge in [-0.15, -0.1) is 11.8 Å². The van der Waals surface area contributed by atoms with Crippen LogP contribution >= 0.6 is 11.8 Å². The zero-order chi connectivity index (χ0) is 25.5. The van der Waals surface area contributed by atoms with Crippen LogP contribution in [0.2, 0.25) is 0 Å². The molecule has 3 aromatic carbocycles. The monoisotopic (exact) mass is 519 g/mol. The maximum Gasteiger partial charge on any atom is 0.236 e. The van der Waals surface area contributed by atoms with Gasteiger partial charge in [0.05, 0.1) is 31.1 Å². The first-order valence-electron chi connectivity index (χ1n) is 12.7. The minimum Gasteiger partial charge on any atom is -0.436 e. The number of benzene rings is 3. The standard InChI is InChI=1S/C30H29F2N2O2S/c31-26-12-11-25(17-27(26)32)37-28-20-34(15-13-21(28)14-16-34)19-24-18-33-29(36-24)30(35,22-7-3-1-4-8-22)23-9-5-2-6-10-23/h1-12,17-18,21,28,35H,13-16,19-20H2/q+1. The second kappa shape index (κ2) is 9.71. The predicted octanol–water partition coefficient (Wildman–Crippen LogP) is 6.14. The van der Waals surface area contributed by atoms with Gasteiger partial charge >= 0.3 is 0 Å². The molecule has 1 aromatic heterocycles. The van der Waals surface area contributed by atoms with E-state index in [4.69, 9.17) is 4.42 Å². The molecule has 0 spiro atoms. The Bertz CT molecular complexity index is 1330. The fourth-order valence-corrected chi connectivity index (χ4v) is 7.48. The Hall–Kier alpha value is -3.00. The molecule has 4 heterocycles.